The first-order valence-corrected chi connectivity index (χ1v) is 6.44. The highest BCUT2D eigenvalue weighted by Crippen LogP contribution is 2.43. The second-order valence-electron chi connectivity index (χ2n) is 5.05. The van der Waals surface area contributed by atoms with Gasteiger partial charge in [0.05, 0.1) is 5.69 Å². The monoisotopic (exact) mass is 248 g/mol. The summed E-state index contributed by atoms with van der Waals surface area (Å²) in [6, 6.07) is 1.92. The number of aromatic nitrogens is 3. The Hall–Kier alpha value is -1.29. The minimum absolute atomic E-state index is 0.528. The van der Waals surface area contributed by atoms with Crippen LogP contribution in [-0.2, 0) is 0 Å². The Labute approximate surface area is 104 Å². The van der Waals surface area contributed by atoms with E-state index < -0.39 is 0 Å². The Balaban J connectivity index is 1.68. The molecule has 0 N–H and O–H groups in total. The summed E-state index contributed by atoms with van der Waals surface area (Å²) in [4.78, 5) is 6.71. The topological polar surface area (TPSA) is 33.4 Å². The number of hydrogen-bond acceptors (Lipinski definition) is 3. The van der Waals surface area contributed by atoms with E-state index in [1.807, 2.05) is 12.3 Å². The molecule has 1 saturated carbocycles. The van der Waals surface area contributed by atoms with Crippen LogP contribution in [-0.4, -0.2) is 27.7 Å². The van der Waals surface area contributed by atoms with Gasteiger partial charge in [0, 0.05) is 31.5 Å². The lowest BCUT2D eigenvalue weighted by Crippen LogP contribution is -2.48. The molecule has 0 aromatic carbocycles. The van der Waals surface area contributed by atoms with E-state index in [0.29, 0.717) is 5.15 Å². The van der Waals surface area contributed by atoms with Crippen molar-refractivity contribution < 1.29 is 0 Å². The van der Waals surface area contributed by atoms with E-state index in [0.717, 1.165) is 36.3 Å². The van der Waals surface area contributed by atoms with Gasteiger partial charge in [0.2, 0.25) is 0 Å². The zero-order valence-electron chi connectivity index (χ0n) is 9.38. The van der Waals surface area contributed by atoms with Crippen molar-refractivity contribution in [3.8, 4) is 0 Å². The average Bonchev–Trinajstić information content (AvgIpc) is 2.94. The van der Waals surface area contributed by atoms with Gasteiger partial charge < -0.3 is 4.90 Å². The third-order valence-electron chi connectivity index (χ3n) is 3.85. The predicted octanol–water partition coefficient (Wildman–Crippen LogP) is 2.23. The van der Waals surface area contributed by atoms with Crippen LogP contribution in [0.3, 0.4) is 0 Å². The number of hydrogen-bond donors (Lipinski definition) is 0. The molecule has 0 atom stereocenters. The van der Waals surface area contributed by atoms with Crippen molar-refractivity contribution in [2.24, 2.45) is 11.8 Å². The van der Waals surface area contributed by atoms with Crippen LogP contribution in [0, 0.1) is 11.8 Å². The lowest BCUT2D eigenvalue weighted by atomic mass is 9.94. The smallest absolute Gasteiger partial charge is 0.177 e. The van der Waals surface area contributed by atoms with Crippen LogP contribution in [0.15, 0.2) is 18.5 Å². The number of imidazole rings is 1. The molecule has 0 amide bonds. The Morgan fingerprint density at radius 2 is 2.06 bits per heavy atom. The number of rotatable bonds is 2. The van der Waals surface area contributed by atoms with Gasteiger partial charge in [-0.05, 0) is 24.7 Å². The molecule has 4 rings (SSSR count). The zero-order chi connectivity index (χ0) is 11.4. The highest BCUT2D eigenvalue weighted by molar-refractivity contribution is 6.29. The molecule has 2 fully saturated rings. The molecule has 2 aromatic heterocycles. The maximum atomic E-state index is 6.03. The predicted molar refractivity (Wildman–Crippen MR) is 66.4 cm³/mol. The van der Waals surface area contributed by atoms with Gasteiger partial charge in [0.15, 0.2) is 10.8 Å². The second kappa shape index (κ2) is 3.35. The first-order valence-electron chi connectivity index (χ1n) is 6.06. The van der Waals surface area contributed by atoms with Crippen molar-refractivity contribution >= 4 is 22.9 Å². The van der Waals surface area contributed by atoms with Gasteiger partial charge in [-0.25, -0.2) is 9.50 Å². The molecular formula is C12H13ClN4. The van der Waals surface area contributed by atoms with Crippen molar-refractivity contribution in [1.82, 2.24) is 14.6 Å². The van der Waals surface area contributed by atoms with Crippen LogP contribution in [0.2, 0.25) is 5.15 Å². The first kappa shape index (κ1) is 9.71. The summed E-state index contributed by atoms with van der Waals surface area (Å²) in [5, 5.41) is 4.72. The van der Waals surface area contributed by atoms with Crippen LogP contribution in [0.5, 0.6) is 0 Å². The van der Waals surface area contributed by atoms with Crippen molar-refractivity contribution in [1.29, 1.82) is 0 Å². The normalized spacial score (nSPS) is 20.9. The standard InChI is InChI=1S/C12H13ClN4/c13-11-5-10(12-14-3-4-17(12)15-11)16-6-9(7-16)8-1-2-8/h3-5,8-9H,1-2,6-7H2. The fraction of sp³-hybridized carbons (Fsp3) is 0.500. The lowest BCUT2D eigenvalue weighted by Gasteiger charge is -2.41. The first-order chi connectivity index (χ1) is 8.31. The molecule has 1 saturated heterocycles. The molecule has 0 unspecified atom stereocenters. The molecule has 2 aliphatic rings. The number of fused-ring (bicyclic) bond motifs is 1. The Bertz CT molecular complexity index is 569. The van der Waals surface area contributed by atoms with E-state index in [1.165, 1.54) is 12.8 Å². The largest absolute Gasteiger partial charge is 0.368 e. The van der Waals surface area contributed by atoms with Crippen molar-refractivity contribution in [3.05, 3.63) is 23.6 Å². The molecule has 0 bridgehead atoms. The van der Waals surface area contributed by atoms with Gasteiger partial charge in [0.25, 0.3) is 0 Å². The lowest BCUT2D eigenvalue weighted by molar-refractivity contribution is 0.364. The molecule has 1 aliphatic carbocycles. The minimum atomic E-state index is 0.528. The van der Waals surface area contributed by atoms with Gasteiger partial charge in [-0.3, -0.25) is 0 Å². The highest BCUT2D eigenvalue weighted by Gasteiger charge is 2.39. The maximum Gasteiger partial charge on any atom is 0.177 e. The van der Waals surface area contributed by atoms with Crippen molar-refractivity contribution in [2.75, 3.05) is 18.0 Å². The molecule has 17 heavy (non-hydrogen) atoms. The Morgan fingerprint density at radius 1 is 1.24 bits per heavy atom. The average molecular weight is 249 g/mol. The molecular weight excluding hydrogens is 236 g/mol. The van der Waals surface area contributed by atoms with Gasteiger partial charge in [-0.15, -0.1) is 0 Å². The third kappa shape index (κ3) is 1.51. The summed E-state index contributed by atoms with van der Waals surface area (Å²) in [5.41, 5.74) is 2.02. The summed E-state index contributed by atoms with van der Waals surface area (Å²) >= 11 is 6.03. The van der Waals surface area contributed by atoms with Crippen molar-refractivity contribution in [3.63, 3.8) is 0 Å². The molecule has 1 aliphatic heterocycles. The maximum absolute atomic E-state index is 6.03. The zero-order valence-corrected chi connectivity index (χ0v) is 10.1. The molecule has 0 radical (unpaired) electrons. The fourth-order valence-corrected chi connectivity index (χ4v) is 2.86. The second-order valence-corrected chi connectivity index (χ2v) is 5.44. The van der Waals surface area contributed by atoms with Gasteiger partial charge >= 0.3 is 0 Å². The van der Waals surface area contributed by atoms with Crippen LogP contribution in [0.1, 0.15) is 12.8 Å². The Morgan fingerprint density at radius 3 is 2.82 bits per heavy atom. The summed E-state index contributed by atoms with van der Waals surface area (Å²) in [5.74, 6) is 1.87. The number of nitrogens with zero attached hydrogens (tertiary/aromatic N) is 4. The van der Waals surface area contributed by atoms with E-state index in [9.17, 15) is 0 Å². The molecule has 0 spiro atoms. The molecule has 3 heterocycles. The molecule has 5 heteroatoms. The summed E-state index contributed by atoms with van der Waals surface area (Å²) in [6.45, 7) is 2.29. The van der Waals surface area contributed by atoms with Gasteiger partial charge in [0.1, 0.15) is 0 Å². The van der Waals surface area contributed by atoms with E-state index in [4.69, 9.17) is 11.6 Å². The summed E-state index contributed by atoms with van der Waals surface area (Å²) in [7, 11) is 0. The summed E-state index contributed by atoms with van der Waals surface area (Å²) < 4.78 is 1.75. The third-order valence-corrected chi connectivity index (χ3v) is 4.03. The number of halogens is 1. The van der Waals surface area contributed by atoms with Crippen LogP contribution in [0.4, 0.5) is 5.69 Å². The quantitative estimate of drug-likeness (QED) is 0.817. The van der Waals surface area contributed by atoms with Crippen LogP contribution >= 0.6 is 11.6 Å². The Kier molecular flexibility index (Phi) is 1.92. The van der Waals surface area contributed by atoms with Gasteiger partial charge in [-0.1, -0.05) is 11.6 Å². The molecule has 4 nitrogen and oxygen atoms in total. The fourth-order valence-electron chi connectivity index (χ4n) is 2.68. The van der Waals surface area contributed by atoms with E-state index >= 15 is 0 Å². The number of anilines is 1. The summed E-state index contributed by atoms with van der Waals surface area (Å²) in [6.07, 6.45) is 6.45. The van der Waals surface area contributed by atoms with Crippen LogP contribution < -0.4 is 4.90 Å². The SMILES string of the molecule is Clc1cc(N2CC(C3CC3)C2)c2nccn2n1. The minimum Gasteiger partial charge on any atom is -0.368 e. The van der Waals surface area contributed by atoms with Gasteiger partial charge in [-0.2, -0.15) is 5.10 Å². The molecule has 88 valence electrons. The highest BCUT2D eigenvalue weighted by atomic mass is 35.5. The van der Waals surface area contributed by atoms with Crippen molar-refractivity contribution in [2.45, 2.75) is 12.8 Å². The van der Waals surface area contributed by atoms with Crippen LogP contribution in [0.25, 0.3) is 5.65 Å². The van der Waals surface area contributed by atoms with E-state index in [-0.39, 0.29) is 0 Å². The van der Waals surface area contributed by atoms with E-state index in [1.54, 1.807) is 10.7 Å². The molecule has 2 aromatic rings. The van der Waals surface area contributed by atoms with E-state index in [2.05, 4.69) is 15.0 Å².